The van der Waals surface area contributed by atoms with Crippen LogP contribution in [0, 0.1) is 5.82 Å². The molecule has 13 heteroatoms. The summed E-state index contributed by atoms with van der Waals surface area (Å²) in [6.45, 7) is -0.359. The van der Waals surface area contributed by atoms with E-state index in [4.69, 9.17) is 0 Å². The van der Waals surface area contributed by atoms with Gasteiger partial charge in [-0.25, -0.2) is 25.5 Å². The van der Waals surface area contributed by atoms with Crippen molar-refractivity contribution in [2.45, 2.75) is 16.3 Å². The van der Waals surface area contributed by atoms with Crippen molar-refractivity contribution in [2.24, 2.45) is 0 Å². The van der Waals surface area contributed by atoms with Crippen molar-refractivity contribution >= 4 is 26.0 Å². The lowest BCUT2D eigenvalue weighted by molar-refractivity contribution is -0.133. The minimum absolute atomic E-state index is 0.0354. The average molecular weight is 487 g/mol. The van der Waals surface area contributed by atoms with Crippen molar-refractivity contribution in [2.75, 3.05) is 40.3 Å². The van der Waals surface area contributed by atoms with Gasteiger partial charge in [-0.3, -0.25) is 9.59 Å². The number of carbonyl (C=O) groups is 1. The number of benzene rings is 1. The molecule has 0 aliphatic carbocycles. The predicted octanol–water partition coefficient (Wildman–Crippen LogP) is -0.229. The Bertz CT molecular complexity index is 1280. The molecule has 1 fully saturated rings. The highest BCUT2D eigenvalue weighted by molar-refractivity contribution is 7.89. The molecule has 1 aromatic heterocycles. The van der Waals surface area contributed by atoms with E-state index in [1.807, 2.05) is 0 Å². The van der Waals surface area contributed by atoms with Gasteiger partial charge in [-0.1, -0.05) is 12.1 Å². The molecule has 1 aromatic carbocycles. The van der Waals surface area contributed by atoms with Crippen molar-refractivity contribution in [1.82, 2.24) is 18.1 Å². The number of nitrogens with zero attached hydrogens (tertiary/aromatic N) is 4. The molecule has 3 rings (SSSR count). The third-order valence-electron chi connectivity index (χ3n) is 5.09. The monoisotopic (exact) mass is 486 g/mol. The van der Waals surface area contributed by atoms with E-state index in [-0.39, 0.29) is 31.1 Å². The van der Waals surface area contributed by atoms with Crippen molar-refractivity contribution in [3.63, 3.8) is 0 Å². The molecule has 0 N–H and O–H groups in total. The lowest BCUT2D eigenvalue weighted by Crippen LogP contribution is -2.51. The molecule has 10 nitrogen and oxygen atoms in total. The number of hydrogen-bond donors (Lipinski definition) is 0. The summed E-state index contributed by atoms with van der Waals surface area (Å²) in [6.07, 6.45) is 1.11. The molecule has 1 aliphatic heterocycles. The SMILES string of the molecule is CN(C)S(=O)(=O)c1ccc(=O)n(CC(=O)N2CCN(S(=O)(=O)c3ccccc3F)CC2)c1. The van der Waals surface area contributed by atoms with Crippen LogP contribution in [-0.4, -0.2) is 81.1 Å². The predicted molar refractivity (Wildman–Crippen MR) is 113 cm³/mol. The van der Waals surface area contributed by atoms with Crippen LogP contribution in [0.1, 0.15) is 0 Å². The first-order valence-corrected chi connectivity index (χ1v) is 12.5. The van der Waals surface area contributed by atoms with Crippen LogP contribution in [0.5, 0.6) is 0 Å². The van der Waals surface area contributed by atoms with Crippen molar-refractivity contribution in [3.8, 4) is 0 Å². The maximum Gasteiger partial charge on any atom is 0.251 e. The number of halogens is 1. The first kappa shape index (κ1) is 24.0. The summed E-state index contributed by atoms with van der Waals surface area (Å²) in [7, 11) is -5.13. The number of rotatable bonds is 6. The van der Waals surface area contributed by atoms with Gasteiger partial charge in [0.05, 0.1) is 4.90 Å². The molecule has 1 saturated heterocycles. The standard InChI is InChI=1S/C19H23FN4O6S2/c1-21(2)31(27,28)15-7-8-18(25)23(13-15)14-19(26)22-9-11-24(12-10-22)32(29,30)17-6-4-3-5-16(17)20/h3-8,13H,9-12,14H2,1-2H3. The molecule has 0 radical (unpaired) electrons. The normalized spacial score (nSPS) is 15.8. The molecule has 0 unspecified atom stereocenters. The van der Waals surface area contributed by atoms with Gasteiger partial charge in [0, 0.05) is 52.5 Å². The van der Waals surface area contributed by atoms with Crippen LogP contribution in [-0.2, 0) is 31.4 Å². The van der Waals surface area contributed by atoms with Crippen LogP contribution in [0.3, 0.4) is 0 Å². The van der Waals surface area contributed by atoms with Gasteiger partial charge in [0.25, 0.3) is 5.56 Å². The fourth-order valence-corrected chi connectivity index (χ4v) is 5.62. The number of hydrogen-bond acceptors (Lipinski definition) is 6. The first-order chi connectivity index (χ1) is 14.9. The molecule has 1 amide bonds. The summed E-state index contributed by atoms with van der Waals surface area (Å²) in [5.41, 5.74) is -0.545. The summed E-state index contributed by atoms with van der Waals surface area (Å²) < 4.78 is 67.0. The van der Waals surface area contributed by atoms with Gasteiger partial charge in [-0.15, -0.1) is 0 Å². The fourth-order valence-electron chi connectivity index (χ4n) is 3.21. The molecular weight excluding hydrogens is 463 g/mol. The van der Waals surface area contributed by atoms with Crippen LogP contribution >= 0.6 is 0 Å². The van der Waals surface area contributed by atoms with Gasteiger partial charge in [0.2, 0.25) is 26.0 Å². The molecule has 0 saturated carbocycles. The van der Waals surface area contributed by atoms with E-state index in [1.54, 1.807) is 0 Å². The highest BCUT2D eigenvalue weighted by atomic mass is 32.2. The highest BCUT2D eigenvalue weighted by Gasteiger charge is 2.32. The Morgan fingerprint density at radius 1 is 1.00 bits per heavy atom. The van der Waals surface area contributed by atoms with E-state index in [0.717, 1.165) is 31.5 Å². The Balaban J connectivity index is 1.71. The van der Waals surface area contributed by atoms with Gasteiger partial charge >= 0.3 is 0 Å². The number of amides is 1. The maximum absolute atomic E-state index is 13.9. The zero-order valence-electron chi connectivity index (χ0n) is 17.5. The Morgan fingerprint density at radius 2 is 1.62 bits per heavy atom. The van der Waals surface area contributed by atoms with E-state index in [9.17, 15) is 30.8 Å². The van der Waals surface area contributed by atoms with Gasteiger partial charge in [-0.2, -0.15) is 4.31 Å². The molecule has 1 aliphatic rings. The van der Waals surface area contributed by atoms with E-state index in [1.165, 1.54) is 43.3 Å². The van der Waals surface area contributed by atoms with Crippen LogP contribution in [0.25, 0.3) is 0 Å². The largest absolute Gasteiger partial charge is 0.339 e. The van der Waals surface area contributed by atoms with Gasteiger partial charge in [0.15, 0.2) is 0 Å². The Morgan fingerprint density at radius 3 is 2.22 bits per heavy atom. The number of pyridine rings is 1. The van der Waals surface area contributed by atoms with Crippen molar-refractivity contribution in [3.05, 3.63) is 58.8 Å². The molecule has 2 heterocycles. The molecular formula is C19H23FN4O6S2. The minimum Gasteiger partial charge on any atom is -0.339 e. The smallest absolute Gasteiger partial charge is 0.251 e. The highest BCUT2D eigenvalue weighted by Crippen LogP contribution is 2.20. The summed E-state index contributed by atoms with van der Waals surface area (Å²) in [5.74, 6) is -1.31. The van der Waals surface area contributed by atoms with Crippen LogP contribution in [0.2, 0.25) is 0 Å². The van der Waals surface area contributed by atoms with Gasteiger partial charge in [0.1, 0.15) is 17.3 Å². The van der Waals surface area contributed by atoms with E-state index in [2.05, 4.69) is 0 Å². The van der Waals surface area contributed by atoms with E-state index in [0.29, 0.717) is 0 Å². The second kappa shape index (κ2) is 9.10. The van der Waals surface area contributed by atoms with Crippen molar-refractivity contribution < 1.29 is 26.0 Å². The molecule has 2 aromatic rings. The van der Waals surface area contributed by atoms with Crippen LogP contribution in [0.15, 0.2) is 57.2 Å². The van der Waals surface area contributed by atoms with E-state index >= 15 is 0 Å². The number of aromatic nitrogens is 1. The number of carbonyl (C=O) groups excluding carboxylic acids is 1. The zero-order chi connectivity index (χ0) is 23.7. The molecule has 32 heavy (non-hydrogen) atoms. The third-order valence-corrected chi connectivity index (χ3v) is 8.82. The number of piperazine rings is 1. The van der Waals surface area contributed by atoms with Crippen LogP contribution < -0.4 is 5.56 Å². The van der Waals surface area contributed by atoms with Crippen LogP contribution in [0.4, 0.5) is 4.39 Å². The van der Waals surface area contributed by atoms with E-state index < -0.39 is 48.8 Å². The van der Waals surface area contributed by atoms with Gasteiger partial charge in [-0.05, 0) is 18.2 Å². The summed E-state index contributed by atoms with van der Waals surface area (Å²) in [6, 6.07) is 7.32. The minimum atomic E-state index is -4.04. The molecule has 174 valence electrons. The molecule has 0 atom stereocenters. The lowest BCUT2D eigenvalue weighted by atomic mass is 10.3. The summed E-state index contributed by atoms with van der Waals surface area (Å²) >= 11 is 0. The zero-order valence-corrected chi connectivity index (χ0v) is 19.1. The second-order valence-electron chi connectivity index (χ2n) is 7.33. The average Bonchev–Trinajstić information content (AvgIpc) is 2.75. The number of sulfonamides is 2. The van der Waals surface area contributed by atoms with Gasteiger partial charge < -0.3 is 9.47 Å². The maximum atomic E-state index is 13.9. The summed E-state index contributed by atoms with van der Waals surface area (Å²) in [5, 5.41) is 0. The topological polar surface area (TPSA) is 117 Å². The first-order valence-electron chi connectivity index (χ1n) is 9.60. The quantitative estimate of drug-likeness (QED) is 0.557. The Hall–Kier alpha value is -2.61. The lowest BCUT2D eigenvalue weighted by Gasteiger charge is -2.34. The molecule has 0 spiro atoms. The van der Waals surface area contributed by atoms with Crippen molar-refractivity contribution in [1.29, 1.82) is 0 Å². The second-order valence-corrected chi connectivity index (χ2v) is 11.4. The Labute approximate surface area is 185 Å². The fraction of sp³-hybridized carbons (Fsp3) is 0.368. The molecule has 0 bridgehead atoms. The summed E-state index contributed by atoms with van der Waals surface area (Å²) in [4.78, 5) is 25.6. The Kier molecular flexibility index (Phi) is 6.83. The third kappa shape index (κ3) is 4.75.